The number of nitrogens with one attached hydrogen (secondary N) is 1. The van der Waals surface area contributed by atoms with E-state index < -0.39 is 11.8 Å². The van der Waals surface area contributed by atoms with Crippen LogP contribution in [-0.4, -0.2) is 43.3 Å². The number of methoxy groups -OCH3 is 1. The Morgan fingerprint density at radius 1 is 1.24 bits per heavy atom. The Balaban J connectivity index is 1.52. The van der Waals surface area contributed by atoms with Gasteiger partial charge in [0.05, 0.1) is 24.7 Å². The van der Waals surface area contributed by atoms with E-state index in [0.29, 0.717) is 23.0 Å². The van der Waals surface area contributed by atoms with Gasteiger partial charge in [0.1, 0.15) is 17.0 Å². The van der Waals surface area contributed by atoms with E-state index in [9.17, 15) is 4.79 Å². The molecule has 0 fully saturated rings. The van der Waals surface area contributed by atoms with Gasteiger partial charge in [0.25, 0.3) is 0 Å². The lowest BCUT2D eigenvalue weighted by Gasteiger charge is -2.16. The van der Waals surface area contributed by atoms with Gasteiger partial charge in [0, 0.05) is 27.4 Å². The number of nitrogens with zero attached hydrogens (tertiary/aromatic N) is 5. The highest BCUT2D eigenvalue weighted by Crippen LogP contribution is 2.33. The molecule has 8 nitrogen and oxygen atoms in total. The first-order valence-corrected chi connectivity index (χ1v) is 14.1. The van der Waals surface area contributed by atoms with Crippen LogP contribution in [0, 0.1) is 5.82 Å². The molecule has 11 heteroatoms. The molecule has 1 atom stereocenters. The Kier molecular flexibility index (Phi) is 8.85. The van der Waals surface area contributed by atoms with E-state index >= 15 is 4.39 Å². The van der Waals surface area contributed by atoms with E-state index in [2.05, 4.69) is 44.2 Å². The molecule has 0 radical (unpaired) electrons. The van der Waals surface area contributed by atoms with Gasteiger partial charge < -0.3 is 9.72 Å². The summed E-state index contributed by atoms with van der Waals surface area (Å²) >= 11 is 7.35. The number of H-pyrrole nitrogens is 1. The van der Waals surface area contributed by atoms with E-state index in [4.69, 9.17) is 16.3 Å². The van der Waals surface area contributed by atoms with Gasteiger partial charge >= 0.3 is 5.97 Å². The largest absolute Gasteiger partial charge is 0.465 e. The number of aromatic nitrogens is 6. The van der Waals surface area contributed by atoms with Gasteiger partial charge in [-0.2, -0.15) is 4.68 Å². The summed E-state index contributed by atoms with van der Waals surface area (Å²) in [5.41, 5.74) is 5.25. The first-order chi connectivity index (χ1) is 20.4. The van der Waals surface area contributed by atoms with Crippen LogP contribution in [0.15, 0.2) is 96.8 Å². The van der Waals surface area contributed by atoms with Crippen molar-refractivity contribution in [2.45, 2.75) is 19.3 Å². The van der Waals surface area contributed by atoms with E-state index in [1.165, 1.54) is 13.4 Å². The number of rotatable bonds is 10. The molecule has 42 heavy (non-hydrogen) atoms. The topological polar surface area (TPSA) is 98.6 Å². The molecule has 0 saturated carbocycles. The Labute approximate surface area is 250 Å². The highest BCUT2D eigenvalue weighted by atomic mass is 35.5. The van der Waals surface area contributed by atoms with Crippen molar-refractivity contribution in [2.24, 2.45) is 0 Å². The van der Waals surface area contributed by atoms with Gasteiger partial charge in [-0.15, -0.1) is 16.4 Å². The van der Waals surface area contributed by atoms with Crippen molar-refractivity contribution in [1.82, 2.24) is 30.2 Å². The van der Waals surface area contributed by atoms with Crippen LogP contribution in [0.25, 0.3) is 22.5 Å². The molecule has 5 rings (SSSR count). The highest BCUT2D eigenvalue weighted by Gasteiger charge is 2.23. The number of ether oxygens (including phenoxy) is 1. The number of carbonyl (C=O) groups is 1. The number of allylic oxidation sites excluding steroid dienone is 5. The second kappa shape index (κ2) is 12.9. The van der Waals surface area contributed by atoms with Crippen LogP contribution in [0.4, 0.5) is 4.39 Å². The van der Waals surface area contributed by atoms with Gasteiger partial charge in [-0.25, -0.2) is 14.2 Å². The zero-order valence-corrected chi connectivity index (χ0v) is 24.4. The fourth-order valence-corrected chi connectivity index (χ4v) is 5.58. The summed E-state index contributed by atoms with van der Waals surface area (Å²) in [5.74, 6) is -0.841. The lowest BCUT2D eigenvalue weighted by atomic mass is 9.91. The average molecular weight is 601 g/mol. The van der Waals surface area contributed by atoms with Gasteiger partial charge in [-0.1, -0.05) is 72.3 Å². The van der Waals surface area contributed by atoms with Crippen LogP contribution in [0.3, 0.4) is 0 Å². The van der Waals surface area contributed by atoms with Gasteiger partial charge in [0.15, 0.2) is 5.82 Å². The van der Waals surface area contributed by atoms with E-state index in [-0.39, 0.29) is 16.4 Å². The molecule has 212 valence electrons. The van der Waals surface area contributed by atoms with E-state index in [1.807, 2.05) is 49.4 Å². The number of carbonyl (C=O) groups excluding carboxylic acids is 1. The maximum absolute atomic E-state index is 15.1. The molecule has 0 amide bonds. The van der Waals surface area contributed by atoms with E-state index in [1.54, 1.807) is 28.4 Å². The Morgan fingerprint density at radius 2 is 2.05 bits per heavy atom. The van der Waals surface area contributed by atoms with Crippen molar-refractivity contribution in [2.75, 3.05) is 7.11 Å². The summed E-state index contributed by atoms with van der Waals surface area (Å²) in [4.78, 5) is 19.8. The third kappa shape index (κ3) is 6.14. The molecular formula is C31H26ClFN6O2S. The van der Waals surface area contributed by atoms with Crippen molar-refractivity contribution in [3.8, 4) is 16.9 Å². The number of hydrogen-bond donors (Lipinski definition) is 1. The molecule has 1 unspecified atom stereocenters. The summed E-state index contributed by atoms with van der Waals surface area (Å²) in [5, 5.41) is 13.7. The smallest absolute Gasteiger partial charge is 0.351 e. The standard InChI is InChI=1S/C31H26ClFN6O2S/c1-4-21(24-15-22(32)12-13-27(24)39-18-35-37-38-39)11-10-19(2)23(14-20-8-6-5-7-9-20)30-34-16-26(36-30)25-17-42-29(28(25)33)31(40)41-3/h4-13,15-18,23H,1,14H2,2-3H3,(H,34,36)/b19-10+,21-11+. The summed E-state index contributed by atoms with van der Waals surface area (Å²) < 4.78 is 21.3. The predicted octanol–water partition coefficient (Wildman–Crippen LogP) is 7.24. The number of tetrazole rings is 1. The highest BCUT2D eigenvalue weighted by molar-refractivity contribution is 7.12. The van der Waals surface area contributed by atoms with Crippen molar-refractivity contribution in [3.05, 3.63) is 129 Å². The van der Waals surface area contributed by atoms with Gasteiger partial charge in [-0.05, 0) is 53.1 Å². The monoisotopic (exact) mass is 600 g/mol. The minimum Gasteiger partial charge on any atom is -0.465 e. The number of halogens is 2. The molecule has 1 N–H and O–H groups in total. The maximum Gasteiger partial charge on any atom is 0.351 e. The van der Waals surface area contributed by atoms with Crippen molar-refractivity contribution in [1.29, 1.82) is 0 Å². The summed E-state index contributed by atoms with van der Waals surface area (Å²) in [7, 11) is 1.23. The normalized spacial score (nSPS) is 12.8. The molecule has 0 aliphatic heterocycles. The molecule has 0 bridgehead atoms. The third-order valence-corrected chi connectivity index (χ3v) is 7.93. The molecular weight excluding hydrogens is 575 g/mol. The third-order valence-electron chi connectivity index (χ3n) is 6.76. The molecule has 3 heterocycles. The number of aromatic amines is 1. The second-order valence-corrected chi connectivity index (χ2v) is 10.7. The molecule has 0 saturated heterocycles. The predicted molar refractivity (Wildman–Crippen MR) is 162 cm³/mol. The first-order valence-electron chi connectivity index (χ1n) is 12.9. The van der Waals surface area contributed by atoms with Crippen LogP contribution in [-0.2, 0) is 11.2 Å². The molecule has 0 aliphatic rings. The second-order valence-electron chi connectivity index (χ2n) is 9.36. The molecule has 5 aromatic rings. The number of hydrogen-bond acceptors (Lipinski definition) is 7. The fraction of sp³-hybridized carbons (Fsp3) is 0.129. The number of imidazole rings is 1. The Hall–Kier alpha value is -4.67. The van der Waals surface area contributed by atoms with Crippen LogP contribution in [0.1, 0.15) is 39.5 Å². The fourth-order valence-electron chi connectivity index (χ4n) is 4.55. The van der Waals surface area contributed by atoms with Crippen LogP contribution < -0.4 is 0 Å². The number of esters is 1. The van der Waals surface area contributed by atoms with Crippen LogP contribution >= 0.6 is 22.9 Å². The molecule has 0 aliphatic carbocycles. The minimum atomic E-state index is -0.711. The first kappa shape index (κ1) is 28.8. The van der Waals surface area contributed by atoms with Crippen molar-refractivity contribution < 1.29 is 13.9 Å². The van der Waals surface area contributed by atoms with Crippen molar-refractivity contribution in [3.63, 3.8) is 0 Å². The van der Waals surface area contributed by atoms with Crippen LogP contribution in [0.2, 0.25) is 5.02 Å². The molecule has 2 aromatic carbocycles. The number of thiophene rings is 1. The lowest BCUT2D eigenvalue weighted by molar-refractivity contribution is 0.0601. The van der Waals surface area contributed by atoms with Crippen LogP contribution in [0.5, 0.6) is 0 Å². The van der Waals surface area contributed by atoms with Gasteiger partial charge in [-0.3, -0.25) is 0 Å². The summed E-state index contributed by atoms with van der Waals surface area (Å²) in [6.07, 6.45) is 9.48. The summed E-state index contributed by atoms with van der Waals surface area (Å²) in [6, 6.07) is 15.5. The minimum absolute atomic E-state index is 0.0790. The molecule has 0 spiro atoms. The quantitative estimate of drug-likeness (QED) is 0.134. The lowest BCUT2D eigenvalue weighted by Crippen LogP contribution is -2.07. The number of benzene rings is 2. The van der Waals surface area contributed by atoms with Crippen molar-refractivity contribution >= 4 is 34.5 Å². The Bertz CT molecular complexity index is 1780. The van der Waals surface area contributed by atoms with Gasteiger partial charge in [0.2, 0.25) is 0 Å². The zero-order valence-electron chi connectivity index (χ0n) is 22.8. The maximum atomic E-state index is 15.1. The van der Waals surface area contributed by atoms with E-state index in [0.717, 1.165) is 39.3 Å². The molecule has 3 aromatic heterocycles. The zero-order chi connectivity index (χ0) is 29.6. The SMILES string of the molecule is C=C/C(=C\C=C(/C)C(Cc1ccccc1)c1ncc(-c2csc(C(=O)OC)c2F)[nH]1)c1cc(Cl)ccc1-n1cnnn1. The summed E-state index contributed by atoms with van der Waals surface area (Å²) in [6.45, 7) is 6.04. The average Bonchev–Trinajstić information content (AvgIpc) is 3.78. The Morgan fingerprint density at radius 3 is 2.76 bits per heavy atom.